The van der Waals surface area contributed by atoms with Gasteiger partial charge < -0.3 is 15.5 Å². The summed E-state index contributed by atoms with van der Waals surface area (Å²) in [5.41, 5.74) is 2.68. The van der Waals surface area contributed by atoms with E-state index >= 15 is 0 Å². The SMILES string of the molecule is O=C1CN(C(=O)CCC(=O)NC2CCC(c3ccccc3)CC2)c2ccccc2N1. The summed E-state index contributed by atoms with van der Waals surface area (Å²) >= 11 is 0. The van der Waals surface area contributed by atoms with Gasteiger partial charge in [0.1, 0.15) is 6.54 Å². The molecule has 0 unspecified atom stereocenters. The van der Waals surface area contributed by atoms with Crippen molar-refractivity contribution in [3.05, 3.63) is 60.2 Å². The van der Waals surface area contributed by atoms with Crippen molar-refractivity contribution in [2.75, 3.05) is 16.8 Å². The number of anilines is 2. The average Bonchev–Trinajstić information content (AvgIpc) is 2.78. The van der Waals surface area contributed by atoms with Crippen molar-refractivity contribution in [1.29, 1.82) is 0 Å². The standard InChI is InChI=1S/C24H27N3O3/c28-22(25-19-12-10-18(11-13-19)17-6-2-1-3-7-17)14-15-24(30)27-16-23(29)26-20-8-4-5-9-21(20)27/h1-9,18-19H,10-16H2,(H,25,28)(H,26,29). The Morgan fingerprint density at radius 3 is 2.40 bits per heavy atom. The molecule has 0 saturated heterocycles. The number of amides is 3. The quantitative estimate of drug-likeness (QED) is 0.798. The molecule has 156 valence electrons. The minimum atomic E-state index is -0.221. The number of fused-ring (bicyclic) bond motifs is 1. The summed E-state index contributed by atoms with van der Waals surface area (Å²) in [5.74, 6) is 0.0365. The first kappa shape index (κ1) is 20.1. The molecule has 1 heterocycles. The zero-order valence-corrected chi connectivity index (χ0v) is 17.0. The summed E-state index contributed by atoms with van der Waals surface area (Å²) in [4.78, 5) is 38.4. The van der Waals surface area contributed by atoms with Crippen molar-refractivity contribution in [1.82, 2.24) is 5.32 Å². The highest BCUT2D eigenvalue weighted by molar-refractivity contribution is 6.10. The van der Waals surface area contributed by atoms with Gasteiger partial charge in [-0.3, -0.25) is 14.4 Å². The number of para-hydroxylation sites is 2. The molecule has 4 rings (SSSR count). The predicted octanol–water partition coefficient (Wildman–Crippen LogP) is 3.59. The largest absolute Gasteiger partial charge is 0.353 e. The van der Waals surface area contributed by atoms with E-state index in [9.17, 15) is 14.4 Å². The Balaban J connectivity index is 1.25. The van der Waals surface area contributed by atoms with Crippen LogP contribution >= 0.6 is 0 Å². The molecule has 0 spiro atoms. The molecule has 6 heteroatoms. The van der Waals surface area contributed by atoms with Gasteiger partial charge in [-0.25, -0.2) is 0 Å². The normalized spacial score (nSPS) is 20.8. The first-order valence-corrected chi connectivity index (χ1v) is 10.6. The summed E-state index contributed by atoms with van der Waals surface area (Å²) in [6.45, 7) is -0.0129. The van der Waals surface area contributed by atoms with Crippen molar-refractivity contribution in [2.24, 2.45) is 0 Å². The van der Waals surface area contributed by atoms with Crippen LogP contribution in [-0.4, -0.2) is 30.3 Å². The van der Waals surface area contributed by atoms with Gasteiger partial charge in [0, 0.05) is 18.9 Å². The second-order valence-corrected chi connectivity index (χ2v) is 8.07. The van der Waals surface area contributed by atoms with E-state index in [0.717, 1.165) is 25.7 Å². The van der Waals surface area contributed by atoms with Crippen LogP contribution in [-0.2, 0) is 14.4 Å². The number of nitrogens with one attached hydrogen (secondary N) is 2. The van der Waals surface area contributed by atoms with E-state index in [1.54, 1.807) is 12.1 Å². The Bertz CT molecular complexity index is 920. The molecule has 2 N–H and O–H groups in total. The van der Waals surface area contributed by atoms with E-state index < -0.39 is 0 Å². The number of hydrogen-bond acceptors (Lipinski definition) is 3. The lowest BCUT2D eigenvalue weighted by Crippen LogP contribution is -2.43. The van der Waals surface area contributed by atoms with Gasteiger partial charge in [0.25, 0.3) is 0 Å². The van der Waals surface area contributed by atoms with Crippen LogP contribution in [0.15, 0.2) is 54.6 Å². The first-order valence-electron chi connectivity index (χ1n) is 10.6. The van der Waals surface area contributed by atoms with Crippen LogP contribution in [0.3, 0.4) is 0 Å². The van der Waals surface area contributed by atoms with Crippen molar-refractivity contribution in [2.45, 2.75) is 50.5 Å². The lowest BCUT2D eigenvalue weighted by Gasteiger charge is -2.30. The summed E-state index contributed by atoms with van der Waals surface area (Å²) in [5, 5.41) is 5.86. The molecule has 1 fully saturated rings. The molecule has 2 aromatic carbocycles. The maximum Gasteiger partial charge on any atom is 0.244 e. The fourth-order valence-electron chi connectivity index (χ4n) is 4.41. The molecular formula is C24H27N3O3. The Hall–Kier alpha value is -3.15. The Morgan fingerprint density at radius 1 is 0.933 bits per heavy atom. The van der Waals surface area contributed by atoms with E-state index in [4.69, 9.17) is 0 Å². The van der Waals surface area contributed by atoms with Gasteiger partial charge in [-0.2, -0.15) is 0 Å². The van der Waals surface area contributed by atoms with Crippen molar-refractivity contribution >= 4 is 29.1 Å². The van der Waals surface area contributed by atoms with Crippen LogP contribution in [0.25, 0.3) is 0 Å². The third-order valence-corrected chi connectivity index (χ3v) is 6.00. The Kier molecular flexibility index (Phi) is 6.12. The van der Waals surface area contributed by atoms with Gasteiger partial charge in [-0.15, -0.1) is 0 Å². The lowest BCUT2D eigenvalue weighted by atomic mass is 9.82. The average molecular weight is 405 g/mol. The van der Waals surface area contributed by atoms with E-state index in [0.29, 0.717) is 17.3 Å². The molecule has 3 amide bonds. The highest BCUT2D eigenvalue weighted by atomic mass is 16.2. The molecule has 0 radical (unpaired) electrons. The molecule has 1 aliphatic carbocycles. The summed E-state index contributed by atoms with van der Waals surface area (Å²) in [6.07, 6.45) is 4.27. The van der Waals surface area contributed by atoms with Crippen molar-refractivity contribution in [3.63, 3.8) is 0 Å². The van der Waals surface area contributed by atoms with E-state index in [2.05, 4.69) is 34.9 Å². The fraction of sp³-hybridized carbons (Fsp3) is 0.375. The molecule has 1 saturated carbocycles. The molecule has 6 nitrogen and oxygen atoms in total. The number of carbonyl (C=O) groups excluding carboxylic acids is 3. The fourth-order valence-corrected chi connectivity index (χ4v) is 4.41. The van der Waals surface area contributed by atoms with Crippen LogP contribution in [0.4, 0.5) is 11.4 Å². The van der Waals surface area contributed by atoms with E-state index in [1.165, 1.54) is 10.5 Å². The number of carbonyl (C=O) groups is 3. The minimum absolute atomic E-state index is 0.0129. The number of rotatable bonds is 5. The number of hydrogen-bond donors (Lipinski definition) is 2. The maximum absolute atomic E-state index is 12.7. The summed E-state index contributed by atoms with van der Waals surface area (Å²) in [6, 6.07) is 17.9. The molecule has 2 aliphatic rings. The van der Waals surface area contributed by atoms with Crippen LogP contribution in [0.5, 0.6) is 0 Å². The summed E-state index contributed by atoms with van der Waals surface area (Å²) in [7, 11) is 0. The van der Waals surface area contributed by atoms with E-state index in [1.807, 2.05) is 18.2 Å². The van der Waals surface area contributed by atoms with Gasteiger partial charge in [0.15, 0.2) is 0 Å². The second kappa shape index (κ2) is 9.11. The highest BCUT2D eigenvalue weighted by Gasteiger charge is 2.27. The second-order valence-electron chi connectivity index (χ2n) is 8.07. The van der Waals surface area contributed by atoms with E-state index in [-0.39, 0.29) is 43.1 Å². The zero-order valence-electron chi connectivity index (χ0n) is 17.0. The smallest absolute Gasteiger partial charge is 0.244 e. The van der Waals surface area contributed by atoms with Gasteiger partial charge >= 0.3 is 0 Å². The summed E-state index contributed by atoms with van der Waals surface area (Å²) < 4.78 is 0. The van der Waals surface area contributed by atoms with Crippen LogP contribution in [0.2, 0.25) is 0 Å². The van der Waals surface area contributed by atoms with Crippen LogP contribution in [0.1, 0.15) is 50.0 Å². The van der Waals surface area contributed by atoms with Gasteiger partial charge in [0.05, 0.1) is 11.4 Å². The van der Waals surface area contributed by atoms with Crippen molar-refractivity contribution in [3.8, 4) is 0 Å². The van der Waals surface area contributed by atoms with Crippen LogP contribution in [0, 0.1) is 0 Å². The van der Waals surface area contributed by atoms with Crippen LogP contribution < -0.4 is 15.5 Å². The molecule has 0 bridgehead atoms. The first-order chi connectivity index (χ1) is 14.6. The Morgan fingerprint density at radius 2 is 1.63 bits per heavy atom. The topological polar surface area (TPSA) is 78.5 Å². The number of benzene rings is 2. The maximum atomic E-state index is 12.7. The zero-order chi connectivity index (χ0) is 20.9. The van der Waals surface area contributed by atoms with Gasteiger partial charge in [-0.05, 0) is 49.3 Å². The lowest BCUT2D eigenvalue weighted by molar-refractivity contribution is -0.126. The van der Waals surface area contributed by atoms with Gasteiger partial charge in [-0.1, -0.05) is 42.5 Å². The molecule has 30 heavy (non-hydrogen) atoms. The highest BCUT2D eigenvalue weighted by Crippen LogP contribution is 2.33. The molecule has 2 aromatic rings. The number of nitrogens with zero attached hydrogens (tertiary/aromatic N) is 1. The third kappa shape index (κ3) is 4.70. The molecule has 0 aromatic heterocycles. The molecule has 0 atom stereocenters. The monoisotopic (exact) mass is 405 g/mol. The predicted molar refractivity (Wildman–Crippen MR) is 116 cm³/mol. The van der Waals surface area contributed by atoms with Crippen molar-refractivity contribution < 1.29 is 14.4 Å². The minimum Gasteiger partial charge on any atom is -0.353 e. The Labute approximate surface area is 176 Å². The molecular weight excluding hydrogens is 378 g/mol. The molecule has 1 aliphatic heterocycles. The third-order valence-electron chi connectivity index (χ3n) is 6.00. The van der Waals surface area contributed by atoms with Gasteiger partial charge in [0.2, 0.25) is 17.7 Å².